The van der Waals surface area contributed by atoms with Crippen LogP contribution in [0.15, 0.2) is 58.3 Å². The highest BCUT2D eigenvalue weighted by Gasteiger charge is 2.30. The van der Waals surface area contributed by atoms with Gasteiger partial charge in [0.15, 0.2) is 0 Å². The Morgan fingerprint density at radius 2 is 1.83 bits per heavy atom. The van der Waals surface area contributed by atoms with E-state index in [1.54, 1.807) is 24.3 Å². The molecule has 0 bridgehead atoms. The number of carbonyl (C=O) groups excluding carboxylic acids is 2. The molecule has 0 saturated carbocycles. The van der Waals surface area contributed by atoms with E-state index >= 15 is 0 Å². The molecule has 0 unspecified atom stereocenters. The lowest BCUT2D eigenvalue weighted by Crippen LogP contribution is -2.44. The summed E-state index contributed by atoms with van der Waals surface area (Å²) in [6.45, 7) is 3.48. The molecule has 2 aliphatic rings. The van der Waals surface area contributed by atoms with Gasteiger partial charge in [0.25, 0.3) is 5.91 Å². The molecule has 0 atom stereocenters. The van der Waals surface area contributed by atoms with Crippen LogP contribution < -0.4 is 10.2 Å². The number of likely N-dealkylation sites (tertiary alicyclic amines) is 1. The van der Waals surface area contributed by atoms with Crippen LogP contribution in [0.3, 0.4) is 0 Å². The minimum absolute atomic E-state index is 0.0645. The van der Waals surface area contributed by atoms with E-state index in [-0.39, 0.29) is 24.2 Å². The van der Waals surface area contributed by atoms with E-state index in [4.69, 9.17) is 0 Å². The van der Waals surface area contributed by atoms with Crippen LogP contribution in [0, 0.1) is 5.82 Å². The molecule has 4 rings (SSSR count). The third-order valence-corrected chi connectivity index (χ3v) is 6.35. The fourth-order valence-corrected chi connectivity index (χ4v) is 4.76. The van der Waals surface area contributed by atoms with Gasteiger partial charge in [0.1, 0.15) is 12.4 Å². The van der Waals surface area contributed by atoms with Crippen LogP contribution in [-0.4, -0.2) is 49.4 Å². The maximum atomic E-state index is 14.1. The molecule has 2 aromatic carbocycles. The molecule has 30 heavy (non-hydrogen) atoms. The number of halogens is 1. The maximum absolute atomic E-state index is 14.1. The third-order valence-electron chi connectivity index (χ3n) is 5.27. The van der Waals surface area contributed by atoms with Crippen molar-refractivity contribution >= 4 is 35.3 Å². The van der Waals surface area contributed by atoms with Gasteiger partial charge >= 0.3 is 0 Å². The summed E-state index contributed by atoms with van der Waals surface area (Å²) in [5.41, 5.74) is 1.05. The molecule has 7 heteroatoms. The quantitative estimate of drug-likeness (QED) is 0.720. The second kappa shape index (κ2) is 9.45. The van der Waals surface area contributed by atoms with Crippen molar-refractivity contribution in [3.63, 3.8) is 0 Å². The fraction of sp³-hybridized carbons (Fsp3) is 0.304. The van der Waals surface area contributed by atoms with E-state index in [9.17, 15) is 14.0 Å². The number of thioether (sulfide) groups is 1. The number of rotatable bonds is 6. The van der Waals surface area contributed by atoms with Crippen molar-refractivity contribution in [3.05, 3.63) is 64.8 Å². The highest BCUT2D eigenvalue weighted by atomic mass is 32.2. The van der Waals surface area contributed by atoms with E-state index in [0.29, 0.717) is 22.7 Å². The number of anilines is 1. The molecule has 2 amide bonds. The Bertz CT molecular complexity index is 972. The first kappa shape index (κ1) is 20.6. The van der Waals surface area contributed by atoms with Crippen LogP contribution in [0.25, 0.3) is 6.08 Å². The van der Waals surface area contributed by atoms with Crippen LogP contribution >= 0.6 is 11.8 Å². The lowest BCUT2D eigenvalue weighted by Gasteiger charge is -2.30. The summed E-state index contributed by atoms with van der Waals surface area (Å²) in [6, 6.07) is 13.8. The van der Waals surface area contributed by atoms with Gasteiger partial charge in [-0.3, -0.25) is 14.5 Å². The average molecular weight is 426 g/mol. The first-order valence-corrected chi connectivity index (χ1v) is 11.0. The van der Waals surface area contributed by atoms with Crippen LogP contribution in [-0.2, 0) is 9.59 Å². The second-order valence-corrected chi connectivity index (χ2v) is 8.47. The molecule has 0 aromatic heterocycles. The van der Waals surface area contributed by atoms with Crippen molar-refractivity contribution in [2.75, 3.05) is 37.6 Å². The number of nitrogens with one attached hydrogen (secondary N) is 1. The second-order valence-electron chi connectivity index (χ2n) is 7.39. The molecule has 1 fully saturated rings. The Hall–Kier alpha value is -2.64. The molecule has 156 valence electrons. The highest BCUT2D eigenvalue weighted by molar-refractivity contribution is 8.04. The van der Waals surface area contributed by atoms with Crippen LogP contribution in [0.2, 0.25) is 0 Å². The fourth-order valence-electron chi connectivity index (χ4n) is 3.71. The molecule has 0 radical (unpaired) electrons. The molecular weight excluding hydrogens is 401 g/mol. The number of benzene rings is 2. The number of hydrogen-bond donors (Lipinski definition) is 1. The van der Waals surface area contributed by atoms with Gasteiger partial charge in [0, 0.05) is 23.5 Å². The average Bonchev–Trinajstić information content (AvgIpc) is 3.26. The predicted molar refractivity (Wildman–Crippen MR) is 118 cm³/mol. The number of hydrogen-bond acceptors (Lipinski definition) is 4. The molecule has 2 aromatic rings. The van der Waals surface area contributed by atoms with Gasteiger partial charge in [-0.15, -0.1) is 0 Å². The van der Waals surface area contributed by atoms with E-state index in [2.05, 4.69) is 10.2 Å². The van der Waals surface area contributed by atoms with Crippen molar-refractivity contribution in [3.8, 4) is 0 Å². The number of fused-ring (bicyclic) bond motifs is 1. The van der Waals surface area contributed by atoms with E-state index in [1.807, 2.05) is 24.3 Å². The molecule has 5 nitrogen and oxygen atoms in total. The predicted octanol–water partition coefficient (Wildman–Crippen LogP) is 3.52. The smallest absolute Gasteiger partial charge is 0.265 e. The van der Waals surface area contributed by atoms with Crippen molar-refractivity contribution in [1.82, 2.24) is 10.2 Å². The normalized spacial score (nSPS) is 18.0. The first-order chi connectivity index (χ1) is 14.6. The Labute approximate surface area is 179 Å². The van der Waals surface area contributed by atoms with Gasteiger partial charge in [0.05, 0.1) is 10.6 Å². The molecule has 2 aliphatic heterocycles. The van der Waals surface area contributed by atoms with Crippen molar-refractivity contribution in [2.45, 2.75) is 17.7 Å². The Balaban J connectivity index is 1.50. The molecule has 2 heterocycles. The van der Waals surface area contributed by atoms with Gasteiger partial charge in [0.2, 0.25) is 5.91 Å². The Morgan fingerprint density at radius 1 is 1.10 bits per heavy atom. The van der Waals surface area contributed by atoms with Crippen LogP contribution in [0.1, 0.15) is 18.4 Å². The van der Waals surface area contributed by atoms with Crippen LogP contribution in [0.4, 0.5) is 10.1 Å². The zero-order valence-corrected chi connectivity index (χ0v) is 17.5. The number of para-hydroxylation sites is 1. The van der Waals surface area contributed by atoms with Crippen LogP contribution in [0.5, 0.6) is 0 Å². The minimum Gasteiger partial charge on any atom is -0.353 e. The largest absolute Gasteiger partial charge is 0.353 e. The number of amides is 2. The van der Waals surface area contributed by atoms with E-state index < -0.39 is 0 Å². The number of nitrogens with zero attached hydrogens (tertiary/aromatic N) is 2. The minimum atomic E-state index is -0.386. The molecule has 0 aliphatic carbocycles. The zero-order chi connectivity index (χ0) is 20.9. The lowest BCUT2D eigenvalue weighted by molar-refractivity contribution is -0.122. The highest BCUT2D eigenvalue weighted by Crippen LogP contribution is 2.42. The van der Waals surface area contributed by atoms with Crippen molar-refractivity contribution in [1.29, 1.82) is 0 Å². The summed E-state index contributed by atoms with van der Waals surface area (Å²) in [5, 5.41) is 2.92. The summed E-state index contributed by atoms with van der Waals surface area (Å²) in [7, 11) is 0. The van der Waals surface area contributed by atoms with Gasteiger partial charge < -0.3 is 10.2 Å². The van der Waals surface area contributed by atoms with Gasteiger partial charge in [-0.25, -0.2) is 4.39 Å². The van der Waals surface area contributed by atoms with E-state index in [0.717, 1.165) is 24.5 Å². The van der Waals surface area contributed by atoms with Gasteiger partial charge in [-0.2, -0.15) is 0 Å². The summed E-state index contributed by atoms with van der Waals surface area (Å²) >= 11 is 1.30. The SMILES string of the molecule is O=C(CN1C(=O)/C(=C/c2ccccc2F)Sc2ccccc21)NCCN1CCCC1. The summed E-state index contributed by atoms with van der Waals surface area (Å²) in [6.07, 6.45) is 3.97. The molecule has 0 spiro atoms. The Kier molecular flexibility index (Phi) is 6.50. The van der Waals surface area contributed by atoms with Crippen molar-refractivity contribution < 1.29 is 14.0 Å². The summed E-state index contributed by atoms with van der Waals surface area (Å²) < 4.78 is 14.1. The molecule has 1 N–H and O–H groups in total. The molecule has 1 saturated heterocycles. The zero-order valence-electron chi connectivity index (χ0n) is 16.6. The standard InChI is InChI=1S/C23H24FN3O2S/c24-18-8-2-1-7-17(18)15-21-23(29)27(19-9-3-4-10-20(19)30-21)16-22(28)25-11-14-26-12-5-6-13-26/h1-4,7-10,15H,5-6,11-14,16H2,(H,25,28)/b21-15-. The maximum Gasteiger partial charge on any atom is 0.265 e. The van der Waals surface area contributed by atoms with E-state index in [1.165, 1.54) is 35.6 Å². The first-order valence-electron chi connectivity index (χ1n) is 10.2. The topological polar surface area (TPSA) is 52.7 Å². The molecular formula is C23H24FN3O2S. The monoisotopic (exact) mass is 425 g/mol. The summed E-state index contributed by atoms with van der Waals surface area (Å²) in [5.74, 6) is -0.880. The summed E-state index contributed by atoms with van der Waals surface area (Å²) in [4.78, 5) is 30.8. The van der Waals surface area contributed by atoms with Crippen molar-refractivity contribution in [2.24, 2.45) is 0 Å². The van der Waals surface area contributed by atoms with Gasteiger partial charge in [-0.1, -0.05) is 42.1 Å². The number of carbonyl (C=O) groups is 2. The van der Waals surface area contributed by atoms with Gasteiger partial charge in [-0.05, 0) is 50.2 Å². The Morgan fingerprint density at radius 3 is 2.63 bits per heavy atom. The lowest BCUT2D eigenvalue weighted by atomic mass is 10.2. The third kappa shape index (κ3) is 4.74.